The number of rotatable bonds is 5. The van der Waals surface area contributed by atoms with Crippen LogP contribution in [-0.2, 0) is 11.3 Å². The molecular weight excluding hydrogens is 244 g/mol. The lowest BCUT2D eigenvalue weighted by molar-refractivity contribution is 0.0940. The van der Waals surface area contributed by atoms with Crippen molar-refractivity contribution >= 4 is 11.7 Å². The van der Waals surface area contributed by atoms with E-state index in [9.17, 15) is 4.79 Å². The first-order valence-corrected chi connectivity index (χ1v) is 6.93. The second kappa shape index (κ2) is 6.56. The number of urea groups is 1. The van der Waals surface area contributed by atoms with Crippen LogP contribution in [0.4, 0.5) is 10.5 Å². The van der Waals surface area contributed by atoms with Gasteiger partial charge >= 0.3 is 6.03 Å². The lowest BCUT2D eigenvalue weighted by Crippen LogP contribution is -2.34. The lowest BCUT2D eigenvalue weighted by Gasteiger charge is -2.18. The van der Waals surface area contributed by atoms with E-state index in [2.05, 4.69) is 10.4 Å². The summed E-state index contributed by atoms with van der Waals surface area (Å²) >= 11 is 0. The first-order chi connectivity index (χ1) is 9.22. The van der Waals surface area contributed by atoms with E-state index in [0.717, 1.165) is 31.7 Å². The van der Waals surface area contributed by atoms with Gasteiger partial charge in [0.15, 0.2) is 0 Å². The van der Waals surface area contributed by atoms with Crippen molar-refractivity contribution in [3.05, 3.63) is 12.4 Å². The van der Waals surface area contributed by atoms with Crippen molar-refractivity contribution < 1.29 is 9.53 Å². The van der Waals surface area contributed by atoms with Crippen molar-refractivity contribution in [2.45, 2.75) is 39.3 Å². The number of amides is 2. The first kappa shape index (κ1) is 13.9. The summed E-state index contributed by atoms with van der Waals surface area (Å²) in [5, 5.41) is 7.10. The molecule has 1 atom stereocenters. The fourth-order valence-corrected chi connectivity index (χ4v) is 2.24. The van der Waals surface area contributed by atoms with E-state index in [1.54, 1.807) is 11.1 Å². The molecule has 0 aromatic carbocycles. The Morgan fingerprint density at radius 1 is 1.58 bits per heavy atom. The molecule has 2 amide bonds. The molecule has 0 saturated carbocycles. The maximum Gasteiger partial charge on any atom is 0.321 e. The van der Waals surface area contributed by atoms with Crippen molar-refractivity contribution in [3.63, 3.8) is 0 Å². The quantitative estimate of drug-likeness (QED) is 0.886. The Balaban J connectivity index is 1.87. The minimum Gasteiger partial charge on any atom is -0.376 e. The third kappa shape index (κ3) is 3.70. The molecule has 1 saturated heterocycles. The highest BCUT2D eigenvalue weighted by atomic mass is 16.5. The van der Waals surface area contributed by atoms with Crippen LogP contribution in [0.3, 0.4) is 0 Å². The average molecular weight is 266 g/mol. The number of hydrogen-bond acceptors (Lipinski definition) is 3. The predicted molar refractivity (Wildman–Crippen MR) is 73.1 cm³/mol. The molecule has 6 nitrogen and oxygen atoms in total. The highest BCUT2D eigenvalue weighted by Gasteiger charge is 2.17. The van der Waals surface area contributed by atoms with E-state index in [4.69, 9.17) is 4.74 Å². The number of ether oxygens (including phenoxy) is 1. The third-order valence-corrected chi connectivity index (χ3v) is 3.35. The van der Waals surface area contributed by atoms with Gasteiger partial charge in [-0.2, -0.15) is 5.10 Å². The van der Waals surface area contributed by atoms with Crippen LogP contribution >= 0.6 is 0 Å². The molecule has 1 N–H and O–H groups in total. The molecule has 0 aliphatic carbocycles. The minimum absolute atomic E-state index is 0.0818. The van der Waals surface area contributed by atoms with E-state index in [1.807, 2.05) is 24.7 Å². The molecular formula is C13H22N4O2. The molecule has 2 rings (SSSR count). The highest BCUT2D eigenvalue weighted by Crippen LogP contribution is 2.15. The van der Waals surface area contributed by atoms with Gasteiger partial charge in [-0.3, -0.25) is 4.68 Å². The van der Waals surface area contributed by atoms with Gasteiger partial charge in [-0.25, -0.2) is 4.79 Å². The number of carbonyl (C=O) groups excluding carboxylic acids is 1. The van der Waals surface area contributed by atoms with Crippen molar-refractivity contribution in [1.29, 1.82) is 0 Å². The van der Waals surface area contributed by atoms with E-state index in [-0.39, 0.29) is 12.1 Å². The summed E-state index contributed by atoms with van der Waals surface area (Å²) < 4.78 is 7.39. The predicted octanol–water partition coefficient (Wildman–Crippen LogP) is 1.94. The molecule has 1 aliphatic rings. The Bertz CT molecular complexity index is 409. The topological polar surface area (TPSA) is 59.4 Å². The normalized spacial score (nSPS) is 18.5. The number of hydrogen-bond donors (Lipinski definition) is 1. The molecule has 106 valence electrons. The number of nitrogens with one attached hydrogen (secondary N) is 1. The summed E-state index contributed by atoms with van der Waals surface area (Å²) in [4.78, 5) is 13.6. The van der Waals surface area contributed by atoms with Gasteiger partial charge in [-0.15, -0.1) is 0 Å². The van der Waals surface area contributed by atoms with E-state index >= 15 is 0 Å². The molecule has 1 unspecified atom stereocenters. The summed E-state index contributed by atoms with van der Waals surface area (Å²) in [5.41, 5.74) is 0.731. The number of nitrogens with zero attached hydrogens (tertiary/aromatic N) is 3. The fourth-order valence-electron chi connectivity index (χ4n) is 2.24. The van der Waals surface area contributed by atoms with Gasteiger partial charge in [-0.1, -0.05) is 0 Å². The number of carbonyl (C=O) groups is 1. The molecule has 1 aliphatic heterocycles. The van der Waals surface area contributed by atoms with Crippen LogP contribution in [0.1, 0.15) is 26.7 Å². The maximum atomic E-state index is 11.9. The molecule has 1 fully saturated rings. The zero-order valence-corrected chi connectivity index (χ0v) is 11.6. The average Bonchev–Trinajstić information content (AvgIpc) is 3.03. The molecule has 1 aromatic rings. The third-order valence-electron chi connectivity index (χ3n) is 3.35. The number of aromatic nitrogens is 2. The Kier molecular flexibility index (Phi) is 4.79. The van der Waals surface area contributed by atoms with Gasteiger partial charge in [-0.05, 0) is 26.7 Å². The van der Waals surface area contributed by atoms with Gasteiger partial charge in [0.05, 0.1) is 24.5 Å². The molecule has 19 heavy (non-hydrogen) atoms. The highest BCUT2D eigenvalue weighted by molar-refractivity contribution is 5.88. The van der Waals surface area contributed by atoms with Gasteiger partial charge in [0.25, 0.3) is 0 Å². The Morgan fingerprint density at radius 3 is 3.00 bits per heavy atom. The van der Waals surface area contributed by atoms with Gasteiger partial charge < -0.3 is 15.0 Å². The molecule has 2 heterocycles. The molecule has 0 radical (unpaired) electrons. The molecule has 6 heteroatoms. The second-order valence-corrected chi connectivity index (χ2v) is 4.69. The second-order valence-electron chi connectivity index (χ2n) is 4.69. The van der Waals surface area contributed by atoms with Crippen LogP contribution in [0.25, 0.3) is 0 Å². The van der Waals surface area contributed by atoms with Gasteiger partial charge in [0, 0.05) is 25.9 Å². The van der Waals surface area contributed by atoms with Crippen molar-refractivity contribution in [2.24, 2.45) is 0 Å². The van der Waals surface area contributed by atoms with E-state index in [1.165, 1.54) is 0 Å². The smallest absolute Gasteiger partial charge is 0.321 e. The van der Waals surface area contributed by atoms with Crippen LogP contribution in [0.2, 0.25) is 0 Å². The Morgan fingerprint density at radius 2 is 2.37 bits per heavy atom. The van der Waals surface area contributed by atoms with Crippen LogP contribution in [0.15, 0.2) is 12.4 Å². The molecule has 0 bridgehead atoms. The van der Waals surface area contributed by atoms with Crippen LogP contribution in [0.5, 0.6) is 0 Å². The zero-order chi connectivity index (χ0) is 13.7. The van der Waals surface area contributed by atoms with Crippen LogP contribution in [-0.4, -0.2) is 46.5 Å². The fraction of sp³-hybridized carbons (Fsp3) is 0.692. The zero-order valence-electron chi connectivity index (χ0n) is 11.6. The standard InChI is InChI=1S/C13H22N4O2/c1-3-16(4-2)13(18)15-11-8-14-17(9-11)10-12-6-5-7-19-12/h8-9,12H,3-7,10H2,1-2H3,(H,15,18). The lowest BCUT2D eigenvalue weighted by atomic mass is 10.2. The summed E-state index contributed by atoms with van der Waals surface area (Å²) in [6.45, 7) is 6.92. The Labute approximate surface area is 113 Å². The van der Waals surface area contributed by atoms with Crippen LogP contribution < -0.4 is 5.32 Å². The number of anilines is 1. The SMILES string of the molecule is CCN(CC)C(=O)Nc1cnn(CC2CCCO2)c1. The summed E-state index contributed by atoms with van der Waals surface area (Å²) in [6.07, 6.45) is 5.99. The molecule has 0 spiro atoms. The monoisotopic (exact) mass is 266 g/mol. The van der Waals surface area contributed by atoms with Crippen molar-refractivity contribution in [1.82, 2.24) is 14.7 Å². The Hall–Kier alpha value is -1.56. The first-order valence-electron chi connectivity index (χ1n) is 6.93. The summed E-state index contributed by atoms with van der Waals surface area (Å²) in [7, 11) is 0. The summed E-state index contributed by atoms with van der Waals surface area (Å²) in [5.74, 6) is 0. The largest absolute Gasteiger partial charge is 0.376 e. The van der Waals surface area contributed by atoms with Crippen LogP contribution in [0, 0.1) is 0 Å². The van der Waals surface area contributed by atoms with Crippen molar-refractivity contribution in [3.8, 4) is 0 Å². The molecule has 1 aromatic heterocycles. The minimum atomic E-state index is -0.0818. The van der Waals surface area contributed by atoms with E-state index in [0.29, 0.717) is 13.1 Å². The maximum absolute atomic E-state index is 11.9. The van der Waals surface area contributed by atoms with Gasteiger partial charge in [0.1, 0.15) is 0 Å². The van der Waals surface area contributed by atoms with Crippen molar-refractivity contribution in [2.75, 3.05) is 25.0 Å². The summed E-state index contributed by atoms with van der Waals surface area (Å²) in [6, 6.07) is -0.0818. The van der Waals surface area contributed by atoms with E-state index < -0.39 is 0 Å². The van der Waals surface area contributed by atoms with Gasteiger partial charge in [0.2, 0.25) is 0 Å².